The van der Waals surface area contributed by atoms with Crippen molar-refractivity contribution in [3.8, 4) is 0 Å². The topological polar surface area (TPSA) is 57.6 Å². The third kappa shape index (κ3) is 5.30. The van der Waals surface area contributed by atoms with Gasteiger partial charge in [-0.15, -0.1) is 0 Å². The molecule has 1 saturated carbocycles. The van der Waals surface area contributed by atoms with E-state index in [1.807, 2.05) is 13.8 Å². The molecule has 1 aliphatic heterocycles. The van der Waals surface area contributed by atoms with Crippen LogP contribution in [0.5, 0.6) is 0 Å². The van der Waals surface area contributed by atoms with Crippen LogP contribution in [0.3, 0.4) is 0 Å². The van der Waals surface area contributed by atoms with Gasteiger partial charge in [-0.2, -0.15) is 0 Å². The minimum absolute atomic E-state index is 0.182. The molecule has 1 saturated heterocycles. The zero-order chi connectivity index (χ0) is 21.7. The molecule has 3 rings (SSSR count). The molecular weight excluding hydrogens is 381 g/mol. The molecule has 0 spiro atoms. The van der Waals surface area contributed by atoms with Crippen molar-refractivity contribution >= 4 is 17.4 Å². The second-order valence-corrected chi connectivity index (χ2v) is 8.75. The van der Waals surface area contributed by atoms with Gasteiger partial charge >= 0.3 is 5.97 Å². The third-order valence-electron chi connectivity index (χ3n) is 6.49. The Labute approximate surface area is 179 Å². The number of ketones is 1. The third-order valence-corrected chi connectivity index (χ3v) is 6.49. The minimum Gasteiger partial charge on any atom is -0.478 e. The average molecular weight is 416 g/mol. The molecule has 1 aromatic carbocycles. The van der Waals surface area contributed by atoms with Gasteiger partial charge in [-0.3, -0.25) is 4.79 Å². The monoisotopic (exact) mass is 415 g/mol. The van der Waals surface area contributed by atoms with Crippen molar-refractivity contribution in [1.82, 2.24) is 0 Å². The number of aliphatic carboxylic acids is 1. The van der Waals surface area contributed by atoms with Gasteiger partial charge in [0.25, 0.3) is 0 Å². The van der Waals surface area contributed by atoms with Crippen LogP contribution in [0.2, 0.25) is 0 Å². The maximum atomic E-state index is 15.4. The van der Waals surface area contributed by atoms with Gasteiger partial charge in [0.2, 0.25) is 0 Å². The van der Waals surface area contributed by atoms with E-state index in [0.29, 0.717) is 30.0 Å². The van der Waals surface area contributed by atoms with Crippen LogP contribution in [0.1, 0.15) is 86.2 Å². The fraction of sp³-hybridized carbons (Fsp3) is 0.600. The summed E-state index contributed by atoms with van der Waals surface area (Å²) in [6.07, 6.45) is 11.7. The summed E-state index contributed by atoms with van der Waals surface area (Å²) in [5, 5.41) is 9.58. The number of halogens is 1. The molecule has 0 radical (unpaired) electrons. The fourth-order valence-corrected chi connectivity index (χ4v) is 4.51. The number of anilines is 1. The van der Waals surface area contributed by atoms with Crippen LogP contribution in [0.25, 0.3) is 0 Å². The number of carboxylic acids is 1. The molecule has 5 heteroatoms. The maximum absolute atomic E-state index is 15.4. The lowest BCUT2D eigenvalue weighted by Crippen LogP contribution is -2.28. The average Bonchev–Trinajstić information content (AvgIpc) is 3.51. The van der Waals surface area contributed by atoms with E-state index in [2.05, 4.69) is 4.90 Å². The van der Waals surface area contributed by atoms with Crippen LogP contribution < -0.4 is 4.90 Å². The highest BCUT2D eigenvalue weighted by Gasteiger charge is 2.28. The number of benzene rings is 1. The number of hydrogen-bond acceptors (Lipinski definition) is 3. The van der Waals surface area contributed by atoms with E-state index in [-0.39, 0.29) is 11.1 Å². The second kappa shape index (κ2) is 10.2. The van der Waals surface area contributed by atoms with Crippen molar-refractivity contribution in [3.63, 3.8) is 0 Å². The summed E-state index contributed by atoms with van der Waals surface area (Å²) >= 11 is 0. The normalized spacial score (nSPS) is 18.5. The van der Waals surface area contributed by atoms with E-state index in [0.717, 1.165) is 57.2 Å². The molecule has 2 aliphatic rings. The zero-order valence-corrected chi connectivity index (χ0v) is 18.3. The van der Waals surface area contributed by atoms with Crippen LogP contribution >= 0.6 is 0 Å². The van der Waals surface area contributed by atoms with E-state index in [9.17, 15) is 14.7 Å². The van der Waals surface area contributed by atoms with Crippen molar-refractivity contribution < 1.29 is 19.1 Å². The molecule has 0 amide bonds. The van der Waals surface area contributed by atoms with Gasteiger partial charge in [0.15, 0.2) is 5.78 Å². The van der Waals surface area contributed by atoms with Crippen molar-refractivity contribution in [1.29, 1.82) is 0 Å². The van der Waals surface area contributed by atoms with Crippen LogP contribution in [0.15, 0.2) is 17.7 Å². The highest BCUT2D eigenvalue weighted by Crippen LogP contribution is 2.35. The fourth-order valence-electron chi connectivity index (χ4n) is 4.51. The number of hydrogen-bond donors (Lipinski definition) is 1. The van der Waals surface area contributed by atoms with E-state index in [1.165, 1.54) is 25.0 Å². The minimum atomic E-state index is -1.23. The lowest BCUT2D eigenvalue weighted by molar-refractivity contribution is -0.132. The van der Waals surface area contributed by atoms with E-state index < -0.39 is 17.6 Å². The molecule has 1 aliphatic carbocycles. The Morgan fingerprint density at radius 3 is 2.27 bits per heavy atom. The van der Waals surface area contributed by atoms with Gasteiger partial charge in [0, 0.05) is 18.7 Å². The molecule has 0 aromatic heterocycles. The first kappa shape index (κ1) is 22.5. The predicted molar refractivity (Wildman–Crippen MR) is 118 cm³/mol. The highest BCUT2D eigenvalue weighted by atomic mass is 19.1. The smallest absolute Gasteiger partial charge is 0.339 e. The standard InChI is InChI=1S/C25H34FNO3/c1-3-19-17(2)21(24(28)20(25(29)30)13-12-18-10-11-18)16-22(26)23(19)27-14-8-6-4-5-7-9-15-27/h13,16,18H,3-12,14-15H2,1-2H3,(H,29,30)/b20-13+. The first-order chi connectivity index (χ1) is 14.4. The van der Waals surface area contributed by atoms with Crippen LogP contribution in [-0.4, -0.2) is 29.9 Å². The Balaban J connectivity index is 1.96. The summed E-state index contributed by atoms with van der Waals surface area (Å²) in [6.45, 7) is 5.43. The molecule has 1 heterocycles. The first-order valence-corrected chi connectivity index (χ1v) is 11.5. The number of carbonyl (C=O) groups excluding carboxylic acids is 1. The van der Waals surface area contributed by atoms with Crippen molar-refractivity contribution in [2.75, 3.05) is 18.0 Å². The maximum Gasteiger partial charge on any atom is 0.339 e. The molecule has 30 heavy (non-hydrogen) atoms. The molecule has 0 unspecified atom stereocenters. The van der Waals surface area contributed by atoms with Crippen LogP contribution in [0.4, 0.5) is 10.1 Å². The first-order valence-electron chi connectivity index (χ1n) is 11.5. The summed E-state index contributed by atoms with van der Waals surface area (Å²) in [5.41, 5.74) is 2.08. The number of Topliss-reactive ketones (excluding diaryl/α,β-unsaturated/α-hetero) is 1. The van der Waals surface area contributed by atoms with Gasteiger partial charge in [0.1, 0.15) is 11.4 Å². The second-order valence-electron chi connectivity index (χ2n) is 8.75. The van der Waals surface area contributed by atoms with Gasteiger partial charge < -0.3 is 10.0 Å². The number of allylic oxidation sites excluding steroid dienone is 1. The van der Waals surface area contributed by atoms with Crippen molar-refractivity contribution in [3.05, 3.63) is 40.2 Å². The zero-order valence-electron chi connectivity index (χ0n) is 18.3. The Hall–Kier alpha value is -2.17. The molecule has 1 aromatic rings. The van der Waals surface area contributed by atoms with Gasteiger partial charge in [-0.1, -0.05) is 38.7 Å². The number of rotatable bonds is 7. The van der Waals surface area contributed by atoms with E-state index >= 15 is 4.39 Å². The van der Waals surface area contributed by atoms with E-state index in [1.54, 1.807) is 0 Å². The summed E-state index contributed by atoms with van der Waals surface area (Å²) in [6, 6.07) is 1.27. The summed E-state index contributed by atoms with van der Waals surface area (Å²) in [4.78, 5) is 26.9. The molecule has 4 nitrogen and oxygen atoms in total. The number of carboxylic acid groups (broad SMARTS) is 1. The Morgan fingerprint density at radius 1 is 1.13 bits per heavy atom. The van der Waals surface area contributed by atoms with Crippen LogP contribution in [0, 0.1) is 18.7 Å². The molecule has 0 atom stereocenters. The summed E-state index contributed by atoms with van der Waals surface area (Å²) in [7, 11) is 0. The Bertz CT molecular complexity index is 816. The summed E-state index contributed by atoms with van der Waals surface area (Å²) in [5.74, 6) is -1.74. The van der Waals surface area contributed by atoms with E-state index in [4.69, 9.17) is 0 Å². The molecule has 164 valence electrons. The highest BCUT2D eigenvalue weighted by molar-refractivity contribution is 6.24. The largest absolute Gasteiger partial charge is 0.478 e. The molecular formula is C25H34FNO3. The molecule has 1 N–H and O–H groups in total. The lowest BCUT2D eigenvalue weighted by Gasteiger charge is -2.29. The Morgan fingerprint density at radius 2 is 1.73 bits per heavy atom. The summed E-state index contributed by atoms with van der Waals surface area (Å²) < 4.78 is 15.4. The lowest BCUT2D eigenvalue weighted by atomic mass is 9.91. The predicted octanol–water partition coefficient (Wildman–Crippen LogP) is 5.85. The Kier molecular flexibility index (Phi) is 7.68. The van der Waals surface area contributed by atoms with Crippen LogP contribution in [-0.2, 0) is 11.2 Å². The molecule has 2 fully saturated rings. The SMILES string of the molecule is CCc1c(C)c(C(=O)/C(=C\CC2CC2)C(=O)O)cc(F)c1N1CCCCCCCC1. The number of nitrogens with zero attached hydrogens (tertiary/aromatic N) is 1. The molecule has 0 bridgehead atoms. The number of carbonyl (C=O) groups is 2. The quantitative estimate of drug-likeness (QED) is 0.263. The van der Waals surface area contributed by atoms with Gasteiger partial charge in [-0.05, 0) is 68.6 Å². The van der Waals surface area contributed by atoms with Crippen molar-refractivity contribution in [2.24, 2.45) is 5.92 Å². The van der Waals surface area contributed by atoms with Gasteiger partial charge in [-0.25, -0.2) is 9.18 Å². The van der Waals surface area contributed by atoms with Gasteiger partial charge in [0.05, 0.1) is 5.69 Å². The van der Waals surface area contributed by atoms with Crippen molar-refractivity contribution in [2.45, 2.75) is 78.1 Å².